The summed E-state index contributed by atoms with van der Waals surface area (Å²) >= 11 is 0. The van der Waals surface area contributed by atoms with Gasteiger partial charge in [-0.25, -0.2) is 9.97 Å². The zero-order chi connectivity index (χ0) is 16.1. The molecule has 1 aromatic heterocycles. The monoisotopic (exact) mass is 312 g/mol. The van der Waals surface area contributed by atoms with Crippen molar-refractivity contribution in [2.45, 2.75) is 6.92 Å². The Morgan fingerprint density at radius 2 is 2.09 bits per heavy atom. The maximum atomic E-state index is 5.79. The Kier molecular flexibility index (Phi) is 4.68. The van der Waals surface area contributed by atoms with E-state index in [2.05, 4.69) is 25.4 Å². The lowest BCUT2D eigenvalue weighted by Gasteiger charge is -2.27. The summed E-state index contributed by atoms with van der Waals surface area (Å²) in [6.07, 6.45) is 1.54. The molecule has 0 unspecified atom stereocenters. The van der Waals surface area contributed by atoms with Crippen molar-refractivity contribution < 1.29 is 4.74 Å². The van der Waals surface area contributed by atoms with Crippen LogP contribution in [0.3, 0.4) is 0 Å². The van der Waals surface area contributed by atoms with E-state index in [1.165, 1.54) is 0 Å². The molecule has 3 rings (SSSR count). The van der Waals surface area contributed by atoms with E-state index in [4.69, 9.17) is 10.5 Å². The summed E-state index contributed by atoms with van der Waals surface area (Å²) in [6, 6.07) is 9.51. The summed E-state index contributed by atoms with van der Waals surface area (Å²) in [6.45, 7) is 5.04. The summed E-state index contributed by atoms with van der Waals surface area (Å²) in [5.74, 6) is 1.53. The molecule has 1 fully saturated rings. The number of benzene rings is 1. The number of anilines is 3. The molecule has 2 heterocycles. The van der Waals surface area contributed by atoms with E-state index < -0.39 is 0 Å². The molecule has 0 saturated carbocycles. The first-order valence-electron chi connectivity index (χ1n) is 7.53. The Morgan fingerprint density at radius 1 is 1.26 bits per heavy atom. The fourth-order valence-corrected chi connectivity index (χ4v) is 2.34. The van der Waals surface area contributed by atoms with Gasteiger partial charge in [-0.3, -0.25) is 5.43 Å². The first kappa shape index (κ1) is 15.2. The van der Waals surface area contributed by atoms with E-state index in [1.807, 2.05) is 37.3 Å². The average molecular weight is 312 g/mol. The average Bonchev–Trinajstić information content (AvgIpc) is 2.61. The minimum Gasteiger partial charge on any atom is -0.399 e. The SMILES string of the molecule is C/C(=N/Nc1cc(N2CCOCC2)ncn1)c1cccc(N)c1. The van der Waals surface area contributed by atoms with Crippen LogP contribution in [0, 0.1) is 0 Å². The molecule has 1 aromatic carbocycles. The molecule has 0 aliphatic carbocycles. The van der Waals surface area contributed by atoms with Gasteiger partial charge in [0.25, 0.3) is 0 Å². The van der Waals surface area contributed by atoms with Gasteiger partial charge in [-0.2, -0.15) is 5.10 Å². The lowest BCUT2D eigenvalue weighted by atomic mass is 10.1. The van der Waals surface area contributed by atoms with Crippen molar-refractivity contribution in [1.29, 1.82) is 0 Å². The van der Waals surface area contributed by atoms with Gasteiger partial charge in [-0.05, 0) is 24.6 Å². The Bertz CT molecular complexity index is 696. The highest BCUT2D eigenvalue weighted by Crippen LogP contribution is 2.15. The quantitative estimate of drug-likeness (QED) is 0.508. The zero-order valence-corrected chi connectivity index (χ0v) is 13.1. The van der Waals surface area contributed by atoms with E-state index in [1.54, 1.807) is 6.33 Å². The van der Waals surface area contributed by atoms with Gasteiger partial charge < -0.3 is 15.4 Å². The number of hydrogen-bond donors (Lipinski definition) is 2. The first-order chi connectivity index (χ1) is 11.2. The lowest BCUT2D eigenvalue weighted by molar-refractivity contribution is 0.122. The molecule has 1 aliphatic heterocycles. The van der Waals surface area contributed by atoms with Crippen molar-refractivity contribution in [1.82, 2.24) is 9.97 Å². The summed E-state index contributed by atoms with van der Waals surface area (Å²) in [4.78, 5) is 10.7. The fraction of sp³-hybridized carbons (Fsp3) is 0.312. The van der Waals surface area contributed by atoms with Gasteiger partial charge in [0.2, 0.25) is 0 Å². The number of hydrazone groups is 1. The minimum atomic E-state index is 0.657. The maximum Gasteiger partial charge on any atom is 0.151 e. The van der Waals surface area contributed by atoms with Gasteiger partial charge >= 0.3 is 0 Å². The largest absolute Gasteiger partial charge is 0.399 e. The molecular formula is C16H20N6O. The van der Waals surface area contributed by atoms with Crippen molar-refractivity contribution in [3.63, 3.8) is 0 Å². The lowest BCUT2D eigenvalue weighted by Crippen LogP contribution is -2.36. The number of aromatic nitrogens is 2. The number of hydrogen-bond acceptors (Lipinski definition) is 7. The molecule has 3 N–H and O–H groups in total. The standard InChI is InChI=1S/C16H20N6O/c1-12(13-3-2-4-14(17)9-13)20-21-15-10-16(19-11-18-15)22-5-7-23-8-6-22/h2-4,9-11H,5-8,17H2,1H3,(H,18,19,21)/b20-12-. The third kappa shape index (κ3) is 3.95. The molecule has 0 atom stereocenters. The third-order valence-corrected chi connectivity index (χ3v) is 3.63. The Morgan fingerprint density at radius 3 is 2.87 bits per heavy atom. The van der Waals surface area contributed by atoms with Gasteiger partial charge in [0.15, 0.2) is 5.82 Å². The van der Waals surface area contributed by atoms with E-state index in [9.17, 15) is 0 Å². The third-order valence-electron chi connectivity index (χ3n) is 3.63. The topological polar surface area (TPSA) is 88.7 Å². The molecule has 0 radical (unpaired) electrons. The molecule has 2 aromatic rings. The van der Waals surface area contributed by atoms with Crippen LogP contribution in [0.1, 0.15) is 12.5 Å². The van der Waals surface area contributed by atoms with Crippen LogP contribution in [-0.2, 0) is 4.74 Å². The number of nitrogens with two attached hydrogens (primary N) is 1. The predicted molar refractivity (Wildman–Crippen MR) is 91.8 cm³/mol. The normalized spacial score (nSPS) is 15.5. The molecule has 0 amide bonds. The molecular weight excluding hydrogens is 292 g/mol. The first-order valence-corrected chi connectivity index (χ1v) is 7.53. The molecule has 1 saturated heterocycles. The van der Waals surface area contributed by atoms with Crippen LogP contribution in [0.5, 0.6) is 0 Å². The van der Waals surface area contributed by atoms with Crippen LogP contribution < -0.4 is 16.1 Å². The van der Waals surface area contributed by atoms with Gasteiger partial charge in [0, 0.05) is 24.8 Å². The number of ether oxygens (including phenoxy) is 1. The van der Waals surface area contributed by atoms with E-state index in [0.717, 1.165) is 43.4 Å². The number of morpholine rings is 1. The molecule has 7 nitrogen and oxygen atoms in total. The van der Waals surface area contributed by atoms with Crippen molar-refractivity contribution in [3.05, 3.63) is 42.2 Å². The van der Waals surface area contributed by atoms with Crippen LogP contribution in [0.4, 0.5) is 17.3 Å². The molecule has 0 bridgehead atoms. The Hall–Kier alpha value is -2.67. The van der Waals surface area contributed by atoms with Gasteiger partial charge in [0.05, 0.1) is 18.9 Å². The van der Waals surface area contributed by atoms with Gasteiger partial charge in [-0.1, -0.05) is 12.1 Å². The molecule has 7 heteroatoms. The Labute approximate surface area is 135 Å². The molecule has 0 spiro atoms. The second kappa shape index (κ2) is 7.06. The van der Waals surface area contributed by atoms with E-state index in [-0.39, 0.29) is 0 Å². The van der Waals surface area contributed by atoms with Crippen molar-refractivity contribution in [2.75, 3.05) is 42.4 Å². The summed E-state index contributed by atoms with van der Waals surface area (Å²) < 4.78 is 5.36. The highest BCUT2D eigenvalue weighted by molar-refractivity contribution is 5.99. The second-order valence-corrected chi connectivity index (χ2v) is 5.30. The highest BCUT2D eigenvalue weighted by atomic mass is 16.5. The second-order valence-electron chi connectivity index (χ2n) is 5.30. The number of nitrogens with one attached hydrogen (secondary N) is 1. The number of rotatable bonds is 4. The van der Waals surface area contributed by atoms with E-state index in [0.29, 0.717) is 11.5 Å². The number of nitrogens with zero attached hydrogens (tertiary/aromatic N) is 4. The van der Waals surface area contributed by atoms with E-state index >= 15 is 0 Å². The highest BCUT2D eigenvalue weighted by Gasteiger charge is 2.12. The Balaban J connectivity index is 1.71. The van der Waals surface area contributed by atoms with Crippen LogP contribution >= 0.6 is 0 Å². The minimum absolute atomic E-state index is 0.657. The summed E-state index contributed by atoms with van der Waals surface area (Å²) in [5, 5.41) is 4.37. The van der Waals surface area contributed by atoms with Crippen molar-refractivity contribution in [2.24, 2.45) is 5.10 Å². The summed E-state index contributed by atoms with van der Waals surface area (Å²) in [5.41, 5.74) is 11.3. The smallest absolute Gasteiger partial charge is 0.151 e. The summed E-state index contributed by atoms with van der Waals surface area (Å²) in [7, 11) is 0. The van der Waals surface area contributed by atoms with Gasteiger partial charge in [-0.15, -0.1) is 0 Å². The zero-order valence-electron chi connectivity index (χ0n) is 13.1. The molecule has 120 valence electrons. The predicted octanol–water partition coefficient (Wildman–Crippen LogP) is 1.73. The van der Waals surface area contributed by atoms with Crippen LogP contribution in [-0.4, -0.2) is 42.0 Å². The van der Waals surface area contributed by atoms with Crippen LogP contribution in [0.2, 0.25) is 0 Å². The van der Waals surface area contributed by atoms with Crippen LogP contribution in [0.15, 0.2) is 41.8 Å². The van der Waals surface area contributed by atoms with Gasteiger partial charge in [0.1, 0.15) is 12.1 Å². The number of nitrogen functional groups attached to an aromatic ring is 1. The fourth-order valence-electron chi connectivity index (χ4n) is 2.34. The van der Waals surface area contributed by atoms with Crippen molar-refractivity contribution >= 4 is 23.0 Å². The molecule has 1 aliphatic rings. The van der Waals surface area contributed by atoms with Crippen molar-refractivity contribution in [3.8, 4) is 0 Å². The van der Waals surface area contributed by atoms with Crippen LogP contribution in [0.25, 0.3) is 0 Å². The maximum absolute atomic E-state index is 5.79. The molecule has 23 heavy (non-hydrogen) atoms.